The van der Waals surface area contributed by atoms with Gasteiger partial charge in [0.15, 0.2) is 0 Å². The van der Waals surface area contributed by atoms with Crippen LogP contribution >= 0.6 is 0 Å². The molecule has 3 atom stereocenters. The number of benzene rings is 1. The third-order valence-electron chi connectivity index (χ3n) is 6.14. The minimum atomic E-state index is 0.0619. The van der Waals surface area contributed by atoms with Crippen LogP contribution in [-0.2, 0) is 16.1 Å². The number of para-hydroxylation sites is 1. The van der Waals surface area contributed by atoms with Gasteiger partial charge < -0.3 is 19.4 Å². The zero-order chi connectivity index (χ0) is 19.6. The molecule has 0 unspecified atom stereocenters. The second-order valence-electron chi connectivity index (χ2n) is 7.97. The SMILES string of the molecule is O=C(c1cc2ccccc2[nH]1)N1C[C@H]2[C@@H](CCOCc3ccncc3)CO[C@H]2C1. The van der Waals surface area contributed by atoms with Crippen LogP contribution in [-0.4, -0.2) is 53.2 Å². The Balaban J connectivity index is 1.15. The summed E-state index contributed by atoms with van der Waals surface area (Å²) in [5.74, 6) is 0.901. The van der Waals surface area contributed by atoms with Crippen LogP contribution in [0.1, 0.15) is 22.5 Å². The lowest BCUT2D eigenvalue weighted by Gasteiger charge is -2.19. The number of carbonyl (C=O) groups excluding carboxylic acids is 1. The lowest BCUT2D eigenvalue weighted by Crippen LogP contribution is -2.31. The molecule has 0 saturated carbocycles. The van der Waals surface area contributed by atoms with Gasteiger partial charge in [-0.25, -0.2) is 0 Å². The molecule has 2 aliphatic rings. The maximum atomic E-state index is 13.0. The second-order valence-corrected chi connectivity index (χ2v) is 7.97. The van der Waals surface area contributed by atoms with Crippen molar-refractivity contribution in [2.45, 2.75) is 19.1 Å². The third kappa shape index (κ3) is 3.78. The van der Waals surface area contributed by atoms with E-state index in [1.165, 1.54) is 0 Å². The summed E-state index contributed by atoms with van der Waals surface area (Å²) in [6.07, 6.45) is 4.67. The molecule has 3 aromatic rings. The van der Waals surface area contributed by atoms with Gasteiger partial charge in [-0.1, -0.05) is 18.2 Å². The first-order valence-corrected chi connectivity index (χ1v) is 10.2. The van der Waals surface area contributed by atoms with Crippen LogP contribution in [0.3, 0.4) is 0 Å². The molecule has 1 aromatic carbocycles. The van der Waals surface area contributed by atoms with Gasteiger partial charge in [0.2, 0.25) is 0 Å². The lowest BCUT2D eigenvalue weighted by atomic mass is 9.91. The summed E-state index contributed by atoms with van der Waals surface area (Å²) in [5, 5.41) is 1.07. The van der Waals surface area contributed by atoms with Gasteiger partial charge in [-0.2, -0.15) is 0 Å². The number of hydrogen-bond donors (Lipinski definition) is 1. The maximum Gasteiger partial charge on any atom is 0.270 e. The van der Waals surface area contributed by atoms with Crippen LogP contribution in [0, 0.1) is 11.8 Å². The van der Waals surface area contributed by atoms with E-state index >= 15 is 0 Å². The standard InChI is InChI=1S/C23H25N3O3/c27-23(21-11-17-3-1-2-4-20(17)25-21)26-12-19-18(15-29-22(19)13-26)7-10-28-14-16-5-8-24-9-6-16/h1-6,8-9,11,18-19,22,25H,7,10,12-15H2/t18-,19-,22-/m0/s1. The first-order chi connectivity index (χ1) is 14.3. The Morgan fingerprint density at radius 1 is 1.21 bits per heavy atom. The number of ether oxygens (including phenoxy) is 2. The van der Waals surface area contributed by atoms with Gasteiger partial charge in [0, 0.05) is 48.9 Å². The molecule has 0 radical (unpaired) electrons. The van der Waals surface area contributed by atoms with Gasteiger partial charge in [0.05, 0.1) is 19.3 Å². The number of aromatic amines is 1. The highest BCUT2D eigenvalue weighted by Crippen LogP contribution is 2.36. The van der Waals surface area contributed by atoms with Crippen molar-refractivity contribution in [3.05, 3.63) is 66.1 Å². The van der Waals surface area contributed by atoms with E-state index in [1.54, 1.807) is 12.4 Å². The number of rotatable bonds is 6. The zero-order valence-corrected chi connectivity index (χ0v) is 16.3. The van der Waals surface area contributed by atoms with Crippen LogP contribution in [0.15, 0.2) is 54.9 Å². The molecule has 0 bridgehead atoms. The summed E-state index contributed by atoms with van der Waals surface area (Å²) in [5.41, 5.74) is 2.79. The summed E-state index contributed by atoms with van der Waals surface area (Å²) in [6, 6.07) is 13.9. The minimum Gasteiger partial charge on any atom is -0.377 e. The van der Waals surface area contributed by atoms with Crippen molar-refractivity contribution in [2.75, 3.05) is 26.3 Å². The largest absolute Gasteiger partial charge is 0.377 e. The molecule has 1 N–H and O–H groups in total. The van der Waals surface area contributed by atoms with Crippen molar-refractivity contribution in [2.24, 2.45) is 11.8 Å². The number of nitrogens with one attached hydrogen (secondary N) is 1. The molecule has 29 heavy (non-hydrogen) atoms. The lowest BCUT2D eigenvalue weighted by molar-refractivity contribution is 0.0645. The number of H-pyrrole nitrogens is 1. The Hall–Kier alpha value is -2.70. The van der Waals surface area contributed by atoms with E-state index in [-0.39, 0.29) is 12.0 Å². The zero-order valence-electron chi connectivity index (χ0n) is 16.3. The smallest absolute Gasteiger partial charge is 0.270 e. The third-order valence-corrected chi connectivity index (χ3v) is 6.14. The number of likely N-dealkylation sites (tertiary alicyclic amines) is 1. The Labute approximate surface area is 169 Å². The van der Waals surface area contributed by atoms with Crippen molar-refractivity contribution in [1.82, 2.24) is 14.9 Å². The Bertz CT molecular complexity index is 954. The summed E-state index contributed by atoms with van der Waals surface area (Å²) >= 11 is 0. The van der Waals surface area contributed by atoms with Gasteiger partial charge in [-0.05, 0) is 42.2 Å². The molecule has 150 valence electrons. The summed E-state index contributed by atoms with van der Waals surface area (Å²) in [6.45, 7) is 3.51. The van der Waals surface area contributed by atoms with Gasteiger partial charge in [0.25, 0.3) is 5.91 Å². The fourth-order valence-corrected chi connectivity index (χ4v) is 4.52. The Kier molecular flexibility index (Phi) is 5.04. The number of hydrogen-bond acceptors (Lipinski definition) is 4. The van der Waals surface area contributed by atoms with Crippen LogP contribution in [0.25, 0.3) is 10.9 Å². The Morgan fingerprint density at radius 2 is 2.07 bits per heavy atom. The monoisotopic (exact) mass is 391 g/mol. The van der Waals surface area contributed by atoms with E-state index in [0.717, 1.165) is 36.0 Å². The van der Waals surface area contributed by atoms with E-state index in [4.69, 9.17) is 9.47 Å². The molecule has 5 rings (SSSR count). The van der Waals surface area contributed by atoms with Crippen molar-refractivity contribution in [3.8, 4) is 0 Å². The first kappa shape index (κ1) is 18.3. The van der Waals surface area contributed by atoms with Crippen molar-refractivity contribution in [3.63, 3.8) is 0 Å². The topological polar surface area (TPSA) is 67.5 Å². The van der Waals surface area contributed by atoms with Gasteiger partial charge in [-0.15, -0.1) is 0 Å². The highest BCUT2D eigenvalue weighted by atomic mass is 16.5. The average molecular weight is 391 g/mol. The molecule has 0 spiro atoms. The van der Waals surface area contributed by atoms with E-state index in [0.29, 0.717) is 37.3 Å². The van der Waals surface area contributed by atoms with Gasteiger partial charge in [0.1, 0.15) is 5.69 Å². The van der Waals surface area contributed by atoms with Gasteiger partial charge >= 0.3 is 0 Å². The Morgan fingerprint density at radius 3 is 2.93 bits per heavy atom. The number of nitrogens with zero attached hydrogens (tertiary/aromatic N) is 2. The quantitative estimate of drug-likeness (QED) is 0.655. The normalized spacial score (nSPS) is 23.6. The maximum absolute atomic E-state index is 13.0. The van der Waals surface area contributed by atoms with E-state index in [9.17, 15) is 4.79 Å². The molecule has 4 heterocycles. The number of pyridine rings is 1. The van der Waals surface area contributed by atoms with Crippen LogP contribution in [0.2, 0.25) is 0 Å². The number of fused-ring (bicyclic) bond motifs is 2. The summed E-state index contributed by atoms with van der Waals surface area (Å²) in [4.78, 5) is 22.2. The molecule has 6 heteroatoms. The molecule has 2 aliphatic heterocycles. The van der Waals surface area contributed by atoms with Crippen molar-refractivity contribution < 1.29 is 14.3 Å². The first-order valence-electron chi connectivity index (χ1n) is 10.2. The van der Waals surface area contributed by atoms with Crippen LogP contribution in [0.4, 0.5) is 0 Å². The highest BCUT2D eigenvalue weighted by Gasteiger charge is 2.45. The van der Waals surface area contributed by atoms with Gasteiger partial charge in [-0.3, -0.25) is 9.78 Å². The van der Waals surface area contributed by atoms with Crippen LogP contribution < -0.4 is 0 Å². The van der Waals surface area contributed by atoms with E-state index in [2.05, 4.69) is 9.97 Å². The molecular weight excluding hydrogens is 366 g/mol. The predicted octanol–water partition coefficient (Wildman–Crippen LogP) is 3.26. The minimum absolute atomic E-state index is 0.0619. The molecule has 2 saturated heterocycles. The molecule has 2 aromatic heterocycles. The number of amides is 1. The highest BCUT2D eigenvalue weighted by molar-refractivity contribution is 5.98. The number of aromatic nitrogens is 2. The fourth-order valence-electron chi connectivity index (χ4n) is 4.52. The molecular formula is C23H25N3O3. The van der Waals surface area contributed by atoms with E-state index < -0.39 is 0 Å². The van der Waals surface area contributed by atoms with Crippen LogP contribution in [0.5, 0.6) is 0 Å². The molecule has 2 fully saturated rings. The van der Waals surface area contributed by atoms with Crippen molar-refractivity contribution in [1.29, 1.82) is 0 Å². The summed E-state index contributed by atoms with van der Waals surface area (Å²) < 4.78 is 11.9. The molecule has 1 amide bonds. The second kappa shape index (κ2) is 7.97. The fraction of sp³-hybridized carbons (Fsp3) is 0.391. The molecule has 0 aliphatic carbocycles. The predicted molar refractivity (Wildman–Crippen MR) is 109 cm³/mol. The molecule has 6 nitrogen and oxygen atoms in total. The average Bonchev–Trinajstić information content (AvgIpc) is 3.46. The van der Waals surface area contributed by atoms with E-state index in [1.807, 2.05) is 47.4 Å². The summed E-state index contributed by atoms with van der Waals surface area (Å²) in [7, 11) is 0. The van der Waals surface area contributed by atoms with Crippen molar-refractivity contribution >= 4 is 16.8 Å². The number of carbonyl (C=O) groups is 1.